The second-order valence-electron chi connectivity index (χ2n) is 1.67. The Hall–Kier alpha value is -0.250. The van der Waals surface area contributed by atoms with E-state index in [0.29, 0.717) is 0 Å². The van der Waals surface area contributed by atoms with E-state index < -0.39 is 19.4 Å². The molecule has 1 nitrogen and oxygen atoms in total. The van der Waals surface area contributed by atoms with Crippen LogP contribution in [0, 0.1) is 0 Å². The van der Waals surface area contributed by atoms with E-state index in [4.69, 9.17) is 0 Å². The molecule has 0 aliphatic heterocycles. The number of rotatable bonds is 4. The van der Waals surface area contributed by atoms with Gasteiger partial charge in [-0.05, 0) is 0 Å². The molecule has 0 N–H and O–H groups in total. The van der Waals surface area contributed by atoms with E-state index in [2.05, 4.69) is 4.74 Å². The third-order valence-corrected chi connectivity index (χ3v) is 0.908. The highest BCUT2D eigenvalue weighted by molar-refractivity contribution is 4.60. The van der Waals surface area contributed by atoms with Crippen molar-refractivity contribution in [2.45, 2.75) is 19.3 Å². The molecular formula is C5H9F3O. The van der Waals surface area contributed by atoms with Gasteiger partial charge in [0.05, 0.1) is 0 Å². The molecule has 0 fully saturated rings. The highest BCUT2D eigenvalue weighted by Crippen LogP contribution is 2.17. The van der Waals surface area contributed by atoms with Crippen molar-refractivity contribution >= 4 is 0 Å². The maximum absolute atomic E-state index is 12.0. The van der Waals surface area contributed by atoms with Crippen molar-refractivity contribution in [2.75, 3.05) is 13.5 Å². The van der Waals surface area contributed by atoms with Crippen molar-refractivity contribution in [3.8, 4) is 0 Å². The molecule has 0 unspecified atom stereocenters. The minimum absolute atomic E-state index is 0.312. The molecule has 0 amide bonds. The van der Waals surface area contributed by atoms with Crippen molar-refractivity contribution in [3.05, 3.63) is 0 Å². The summed E-state index contributed by atoms with van der Waals surface area (Å²) in [7, 11) is 0. The first kappa shape index (κ1) is 8.75. The second-order valence-corrected chi connectivity index (χ2v) is 1.67. The maximum Gasteiger partial charge on any atom is 0.270 e. The number of alkyl halides is 3. The molecule has 0 aromatic rings. The summed E-state index contributed by atoms with van der Waals surface area (Å²) in [6.45, 7) is -0.642. The second kappa shape index (κ2) is 3.71. The van der Waals surface area contributed by atoms with Gasteiger partial charge in [-0.3, -0.25) is 0 Å². The summed E-state index contributed by atoms with van der Waals surface area (Å²) in [4.78, 5) is 0. The van der Waals surface area contributed by atoms with Crippen LogP contribution in [0.25, 0.3) is 0 Å². The van der Waals surface area contributed by atoms with Crippen LogP contribution >= 0.6 is 0 Å². The van der Waals surface area contributed by atoms with Crippen LogP contribution in [0.1, 0.15) is 13.3 Å². The average Bonchev–Trinajstić information content (AvgIpc) is 1.84. The van der Waals surface area contributed by atoms with E-state index in [1.807, 2.05) is 0 Å². The lowest BCUT2D eigenvalue weighted by molar-refractivity contribution is -0.0961. The van der Waals surface area contributed by atoms with Gasteiger partial charge in [-0.25, -0.2) is 13.2 Å². The lowest BCUT2D eigenvalue weighted by Gasteiger charge is -2.11. The molecule has 56 valence electrons. The molecule has 0 heterocycles. The van der Waals surface area contributed by atoms with E-state index in [-0.39, 0.29) is 6.42 Å². The zero-order chi connectivity index (χ0) is 7.33. The molecule has 0 aromatic carbocycles. The first-order valence-electron chi connectivity index (χ1n) is 2.64. The normalized spacial score (nSPS) is 12.0. The Morgan fingerprint density at radius 3 is 2.33 bits per heavy atom. The highest BCUT2D eigenvalue weighted by Gasteiger charge is 2.25. The Balaban J connectivity index is 3.33. The van der Waals surface area contributed by atoms with Crippen LogP contribution < -0.4 is 0 Å². The van der Waals surface area contributed by atoms with Crippen LogP contribution in [0.15, 0.2) is 0 Å². The lowest BCUT2D eigenvalue weighted by Crippen LogP contribution is -2.21. The van der Waals surface area contributed by atoms with E-state index in [1.165, 1.54) is 6.92 Å². The van der Waals surface area contributed by atoms with Gasteiger partial charge in [-0.15, -0.1) is 0 Å². The van der Waals surface area contributed by atoms with Crippen LogP contribution in [-0.4, -0.2) is 19.4 Å². The van der Waals surface area contributed by atoms with Crippen molar-refractivity contribution in [2.24, 2.45) is 0 Å². The quantitative estimate of drug-likeness (QED) is 0.583. The van der Waals surface area contributed by atoms with Gasteiger partial charge in [0.1, 0.15) is 6.61 Å². The van der Waals surface area contributed by atoms with Gasteiger partial charge in [-0.1, -0.05) is 6.92 Å². The maximum atomic E-state index is 12.0. The van der Waals surface area contributed by atoms with Crippen molar-refractivity contribution < 1.29 is 17.9 Å². The van der Waals surface area contributed by atoms with Gasteiger partial charge in [0.15, 0.2) is 6.86 Å². The van der Waals surface area contributed by atoms with Crippen molar-refractivity contribution in [3.63, 3.8) is 0 Å². The predicted molar refractivity (Wildman–Crippen MR) is 27.2 cm³/mol. The van der Waals surface area contributed by atoms with E-state index in [1.54, 1.807) is 0 Å². The fourth-order valence-electron chi connectivity index (χ4n) is 0.290. The van der Waals surface area contributed by atoms with Gasteiger partial charge < -0.3 is 4.74 Å². The third-order valence-electron chi connectivity index (χ3n) is 0.908. The number of hydrogen-bond donors (Lipinski definition) is 0. The zero-order valence-electron chi connectivity index (χ0n) is 5.16. The largest absolute Gasteiger partial charge is 0.344 e. The first-order valence-corrected chi connectivity index (χ1v) is 2.64. The molecule has 0 spiro atoms. The standard InChI is InChI=1S/C5H9F3O/c1-2-5(7,8)3-9-4-6/h2-4H2,1H3. The summed E-state index contributed by atoms with van der Waals surface area (Å²) in [6.07, 6.45) is -0.312. The summed E-state index contributed by atoms with van der Waals surface area (Å²) < 4.78 is 39.1. The molecule has 0 aliphatic rings. The summed E-state index contributed by atoms with van der Waals surface area (Å²) >= 11 is 0. The molecule has 0 atom stereocenters. The van der Waals surface area contributed by atoms with Crippen LogP contribution in [0.3, 0.4) is 0 Å². The smallest absolute Gasteiger partial charge is 0.270 e. The third kappa shape index (κ3) is 4.27. The van der Waals surface area contributed by atoms with Gasteiger partial charge in [0.25, 0.3) is 5.92 Å². The minimum atomic E-state index is -2.87. The molecule has 4 heteroatoms. The van der Waals surface area contributed by atoms with Gasteiger partial charge in [-0.2, -0.15) is 0 Å². The Bertz CT molecular complexity index is 74.6. The van der Waals surface area contributed by atoms with Crippen LogP contribution in [0.2, 0.25) is 0 Å². The van der Waals surface area contributed by atoms with Crippen LogP contribution in [0.5, 0.6) is 0 Å². The fraction of sp³-hybridized carbons (Fsp3) is 1.00. The molecule has 0 bridgehead atoms. The summed E-state index contributed by atoms with van der Waals surface area (Å²) in [5, 5.41) is 0. The van der Waals surface area contributed by atoms with E-state index in [9.17, 15) is 13.2 Å². The Morgan fingerprint density at radius 2 is 2.00 bits per heavy atom. The minimum Gasteiger partial charge on any atom is -0.344 e. The molecule has 9 heavy (non-hydrogen) atoms. The Labute approximate surface area is 51.8 Å². The molecular weight excluding hydrogens is 133 g/mol. The number of hydrogen-bond acceptors (Lipinski definition) is 1. The topological polar surface area (TPSA) is 9.23 Å². The highest BCUT2D eigenvalue weighted by atomic mass is 19.3. The summed E-state index contributed by atoms with van der Waals surface area (Å²) in [6, 6.07) is 0. The number of halogens is 3. The summed E-state index contributed by atoms with van der Waals surface area (Å²) in [5.41, 5.74) is 0. The molecule has 0 radical (unpaired) electrons. The van der Waals surface area contributed by atoms with E-state index >= 15 is 0 Å². The zero-order valence-corrected chi connectivity index (χ0v) is 5.16. The first-order chi connectivity index (χ1) is 4.12. The van der Waals surface area contributed by atoms with Crippen molar-refractivity contribution in [1.29, 1.82) is 0 Å². The Morgan fingerprint density at radius 1 is 1.44 bits per heavy atom. The molecule has 0 rings (SSSR count). The molecule has 0 saturated carbocycles. The van der Waals surface area contributed by atoms with E-state index in [0.717, 1.165) is 0 Å². The van der Waals surface area contributed by atoms with Crippen LogP contribution in [-0.2, 0) is 4.74 Å². The lowest BCUT2D eigenvalue weighted by atomic mass is 10.3. The monoisotopic (exact) mass is 142 g/mol. The average molecular weight is 142 g/mol. The van der Waals surface area contributed by atoms with Crippen molar-refractivity contribution in [1.82, 2.24) is 0 Å². The van der Waals surface area contributed by atoms with Crippen LogP contribution in [0.4, 0.5) is 13.2 Å². The SMILES string of the molecule is CCC(F)(F)COCF. The fourth-order valence-corrected chi connectivity index (χ4v) is 0.290. The predicted octanol–water partition coefficient (Wildman–Crippen LogP) is 1.98. The molecule has 0 aromatic heterocycles. The van der Waals surface area contributed by atoms with Gasteiger partial charge in [0, 0.05) is 6.42 Å². The number of ether oxygens (including phenoxy) is 1. The van der Waals surface area contributed by atoms with Gasteiger partial charge in [0.2, 0.25) is 0 Å². The summed E-state index contributed by atoms with van der Waals surface area (Å²) in [5.74, 6) is -2.87. The Kier molecular flexibility index (Phi) is 3.61. The molecule has 0 saturated heterocycles. The van der Waals surface area contributed by atoms with Gasteiger partial charge >= 0.3 is 0 Å². The molecule has 0 aliphatic carbocycles.